The zero-order chi connectivity index (χ0) is 20.5. The maximum absolute atomic E-state index is 13.0. The number of ether oxygens (including phenoxy) is 1. The van der Waals surface area contributed by atoms with Crippen molar-refractivity contribution >= 4 is 12.0 Å². The van der Waals surface area contributed by atoms with Gasteiger partial charge in [-0.15, -0.1) is 0 Å². The lowest BCUT2D eigenvalue weighted by Gasteiger charge is -2.36. The highest BCUT2D eigenvalue weighted by atomic mass is 16.6. The molecule has 1 saturated carbocycles. The minimum absolute atomic E-state index is 0.00102. The number of piperazine rings is 1. The quantitative estimate of drug-likeness (QED) is 0.797. The summed E-state index contributed by atoms with van der Waals surface area (Å²) in [6.45, 7) is 10.8. The molecule has 1 aromatic rings. The minimum Gasteiger partial charge on any atom is -0.444 e. The fourth-order valence-electron chi connectivity index (χ4n) is 3.88. The van der Waals surface area contributed by atoms with Gasteiger partial charge in [-0.3, -0.25) is 9.69 Å². The van der Waals surface area contributed by atoms with Crippen molar-refractivity contribution in [2.24, 2.45) is 0 Å². The predicted molar refractivity (Wildman–Crippen MR) is 109 cm³/mol. The SMILES string of the molecule is CN1CCN(C(=O)CN(C(=O)OC(C)(C)C)[C@]2(C)C[C@@H]2c2ccccc2)CC1. The Bertz CT molecular complexity index is 707. The first-order chi connectivity index (χ1) is 13.1. The van der Waals surface area contributed by atoms with Crippen molar-refractivity contribution in [3.8, 4) is 0 Å². The van der Waals surface area contributed by atoms with Crippen LogP contribution < -0.4 is 0 Å². The van der Waals surface area contributed by atoms with Gasteiger partial charge in [0.2, 0.25) is 5.91 Å². The number of amides is 2. The lowest BCUT2D eigenvalue weighted by molar-refractivity contribution is -0.134. The van der Waals surface area contributed by atoms with Gasteiger partial charge in [0.1, 0.15) is 12.1 Å². The molecular formula is C22H33N3O3. The molecule has 2 atom stereocenters. The number of hydrogen-bond donors (Lipinski definition) is 0. The van der Waals surface area contributed by atoms with Crippen LogP contribution in [0.4, 0.5) is 4.79 Å². The molecule has 0 aromatic heterocycles. The van der Waals surface area contributed by atoms with Crippen LogP contribution in [0, 0.1) is 0 Å². The fourth-order valence-corrected chi connectivity index (χ4v) is 3.88. The van der Waals surface area contributed by atoms with E-state index in [0.717, 1.165) is 19.5 Å². The molecule has 0 spiro atoms. The Kier molecular flexibility index (Phi) is 5.71. The summed E-state index contributed by atoms with van der Waals surface area (Å²) in [4.78, 5) is 31.7. The summed E-state index contributed by atoms with van der Waals surface area (Å²) in [5.74, 6) is 0.223. The van der Waals surface area contributed by atoms with E-state index in [1.54, 1.807) is 4.90 Å². The van der Waals surface area contributed by atoms with Gasteiger partial charge in [-0.25, -0.2) is 4.79 Å². The number of likely N-dealkylation sites (N-methyl/N-ethyl adjacent to an activating group) is 1. The minimum atomic E-state index is -0.598. The smallest absolute Gasteiger partial charge is 0.411 e. The molecule has 1 saturated heterocycles. The van der Waals surface area contributed by atoms with E-state index < -0.39 is 17.2 Å². The Morgan fingerprint density at radius 2 is 1.75 bits per heavy atom. The Hall–Kier alpha value is -2.08. The number of carbonyl (C=O) groups excluding carboxylic acids is 2. The van der Waals surface area contributed by atoms with E-state index in [-0.39, 0.29) is 18.4 Å². The van der Waals surface area contributed by atoms with E-state index >= 15 is 0 Å². The molecule has 0 bridgehead atoms. The Balaban J connectivity index is 1.76. The van der Waals surface area contributed by atoms with Crippen molar-refractivity contribution in [1.82, 2.24) is 14.7 Å². The van der Waals surface area contributed by atoms with E-state index in [4.69, 9.17) is 4.74 Å². The van der Waals surface area contributed by atoms with E-state index in [0.29, 0.717) is 13.1 Å². The van der Waals surface area contributed by atoms with Gasteiger partial charge in [0.05, 0.1) is 5.54 Å². The number of benzene rings is 1. The van der Waals surface area contributed by atoms with Gasteiger partial charge in [0, 0.05) is 32.1 Å². The first-order valence-electron chi connectivity index (χ1n) is 10.1. The third kappa shape index (κ3) is 4.66. The van der Waals surface area contributed by atoms with Crippen LogP contribution >= 0.6 is 0 Å². The monoisotopic (exact) mass is 387 g/mol. The Morgan fingerprint density at radius 3 is 2.32 bits per heavy atom. The highest BCUT2D eigenvalue weighted by molar-refractivity contribution is 5.83. The summed E-state index contributed by atoms with van der Waals surface area (Å²) < 4.78 is 5.66. The lowest BCUT2D eigenvalue weighted by atomic mass is 10.1. The molecule has 2 amide bonds. The van der Waals surface area contributed by atoms with Gasteiger partial charge in [0.15, 0.2) is 0 Å². The molecule has 2 fully saturated rings. The molecule has 0 radical (unpaired) electrons. The molecule has 1 heterocycles. The summed E-state index contributed by atoms with van der Waals surface area (Å²) in [7, 11) is 2.06. The van der Waals surface area contributed by atoms with Crippen LogP contribution in [-0.4, -0.2) is 77.6 Å². The second-order valence-electron chi connectivity index (χ2n) is 9.28. The van der Waals surface area contributed by atoms with Gasteiger partial charge in [0.25, 0.3) is 0 Å². The third-order valence-electron chi connectivity index (χ3n) is 5.79. The molecule has 28 heavy (non-hydrogen) atoms. The molecule has 1 aliphatic carbocycles. The van der Waals surface area contributed by atoms with Crippen molar-refractivity contribution < 1.29 is 14.3 Å². The van der Waals surface area contributed by atoms with Crippen molar-refractivity contribution in [1.29, 1.82) is 0 Å². The van der Waals surface area contributed by atoms with Crippen LogP contribution in [0.2, 0.25) is 0 Å². The highest BCUT2D eigenvalue weighted by Gasteiger charge is 2.58. The number of nitrogens with zero attached hydrogens (tertiary/aromatic N) is 3. The van der Waals surface area contributed by atoms with Crippen molar-refractivity contribution in [3.63, 3.8) is 0 Å². The van der Waals surface area contributed by atoms with Gasteiger partial charge in [-0.05, 0) is 46.7 Å². The summed E-state index contributed by atoms with van der Waals surface area (Å²) >= 11 is 0. The average molecular weight is 388 g/mol. The van der Waals surface area contributed by atoms with Crippen LogP contribution in [0.3, 0.4) is 0 Å². The van der Waals surface area contributed by atoms with E-state index in [2.05, 4.69) is 31.0 Å². The summed E-state index contributed by atoms with van der Waals surface area (Å²) in [6, 6.07) is 10.2. The Labute approximate surface area is 168 Å². The first-order valence-corrected chi connectivity index (χ1v) is 10.1. The molecule has 3 rings (SSSR count). The summed E-state index contributed by atoms with van der Waals surface area (Å²) in [5, 5.41) is 0. The van der Waals surface area contributed by atoms with Gasteiger partial charge < -0.3 is 14.5 Å². The van der Waals surface area contributed by atoms with Crippen LogP contribution in [0.15, 0.2) is 30.3 Å². The normalized spacial score (nSPS) is 25.3. The topological polar surface area (TPSA) is 53.1 Å². The van der Waals surface area contributed by atoms with Gasteiger partial charge in [-0.1, -0.05) is 30.3 Å². The maximum Gasteiger partial charge on any atom is 0.411 e. The third-order valence-corrected chi connectivity index (χ3v) is 5.79. The van der Waals surface area contributed by atoms with Crippen molar-refractivity contribution in [3.05, 3.63) is 35.9 Å². The maximum atomic E-state index is 13.0. The summed E-state index contributed by atoms with van der Waals surface area (Å²) in [5.41, 5.74) is 0.205. The molecule has 1 aromatic carbocycles. The van der Waals surface area contributed by atoms with Crippen LogP contribution in [0.25, 0.3) is 0 Å². The zero-order valence-electron chi connectivity index (χ0n) is 17.8. The largest absolute Gasteiger partial charge is 0.444 e. The molecular weight excluding hydrogens is 354 g/mol. The first kappa shape index (κ1) is 20.6. The van der Waals surface area contributed by atoms with E-state index in [1.807, 2.05) is 43.9 Å². The molecule has 1 aliphatic heterocycles. The second kappa shape index (κ2) is 7.74. The highest BCUT2D eigenvalue weighted by Crippen LogP contribution is 2.55. The molecule has 0 N–H and O–H groups in total. The molecule has 6 heteroatoms. The average Bonchev–Trinajstić information content (AvgIpc) is 3.32. The van der Waals surface area contributed by atoms with Crippen molar-refractivity contribution in [2.75, 3.05) is 39.8 Å². The number of rotatable bonds is 4. The number of hydrogen-bond acceptors (Lipinski definition) is 4. The number of carbonyl (C=O) groups is 2. The standard InChI is InChI=1S/C22H33N3O3/c1-21(2,3)28-20(27)25(16-19(26)24-13-11-23(5)12-14-24)22(4)15-18(22)17-9-7-6-8-10-17/h6-10,18H,11-16H2,1-5H3/t18-,22-/m1/s1. The Morgan fingerprint density at radius 1 is 1.14 bits per heavy atom. The predicted octanol–water partition coefficient (Wildman–Crippen LogP) is 2.94. The zero-order valence-corrected chi connectivity index (χ0v) is 17.8. The second-order valence-corrected chi connectivity index (χ2v) is 9.28. The molecule has 2 aliphatic rings. The van der Waals surface area contributed by atoms with Gasteiger partial charge in [-0.2, -0.15) is 0 Å². The summed E-state index contributed by atoms with van der Waals surface area (Å²) in [6.07, 6.45) is 0.433. The van der Waals surface area contributed by atoms with Crippen molar-refractivity contribution in [2.45, 2.75) is 51.2 Å². The van der Waals surface area contributed by atoms with Crippen LogP contribution in [0.5, 0.6) is 0 Å². The lowest BCUT2D eigenvalue weighted by Crippen LogP contribution is -2.53. The van der Waals surface area contributed by atoms with Gasteiger partial charge >= 0.3 is 6.09 Å². The van der Waals surface area contributed by atoms with E-state index in [9.17, 15) is 9.59 Å². The molecule has 6 nitrogen and oxygen atoms in total. The molecule has 0 unspecified atom stereocenters. The molecule has 154 valence electrons. The van der Waals surface area contributed by atoms with Crippen LogP contribution in [0.1, 0.15) is 45.6 Å². The van der Waals surface area contributed by atoms with Crippen LogP contribution in [-0.2, 0) is 9.53 Å². The fraction of sp³-hybridized carbons (Fsp3) is 0.636. The van der Waals surface area contributed by atoms with E-state index in [1.165, 1.54) is 5.56 Å².